The van der Waals surface area contributed by atoms with E-state index in [2.05, 4.69) is 5.32 Å². The van der Waals surface area contributed by atoms with Crippen molar-refractivity contribution in [1.82, 2.24) is 10.2 Å². The highest BCUT2D eigenvalue weighted by atomic mass is 16.5. The first-order valence-electron chi connectivity index (χ1n) is 7.36. The van der Waals surface area contributed by atoms with Crippen molar-refractivity contribution < 1.29 is 14.3 Å². The highest BCUT2D eigenvalue weighted by Gasteiger charge is 2.38. The molecule has 2 aliphatic heterocycles. The van der Waals surface area contributed by atoms with Crippen molar-refractivity contribution in [1.29, 1.82) is 0 Å². The quantitative estimate of drug-likeness (QED) is 0.901. The second-order valence-electron chi connectivity index (χ2n) is 5.93. The number of ether oxygens (including phenoxy) is 1. The van der Waals surface area contributed by atoms with Gasteiger partial charge in [-0.1, -0.05) is 12.1 Å². The Morgan fingerprint density at radius 3 is 3.00 bits per heavy atom. The number of aryl methyl sites for hydroxylation is 1. The minimum Gasteiger partial charge on any atom is -0.484 e. The number of hydrogen-bond donors (Lipinski definition) is 1. The van der Waals surface area contributed by atoms with Gasteiger partial charge in [0, 0.05) is 26.1 Å². The number of carbonyl (C=O) groups excluding carboxylic acids is 2. The zero-order valence-corrected chi connectivity index (χ0v) is 12.2. The van der Waals surface area contributed by atoms with Gasteiger partial charge in [-0.15, -0.1) is 0 Å². The number of carbonyl (C=O) groups is 2. The molecule has 1 N–H and O–H groups in total. The summed E-state index contributed by atoms with van der Waals surface area (Å²) in [4.78, 5) is 25.4. The van der Waals surface area contributed by atoms with Crippen LogP contribution in [0.25, 0.3) is 0 Å². The summed E-state index contributed by atoms with van der Waals surface area (Å²) in [6.45, 7) is 4.13. The maximum absolute atomic E-state index is 12.2. The molecule has 2 amide bonds. The summed E-state index contributed by atoms with van der Waals surface area (Å²) < 4.78 is 5.56. The van der Waals surface area contributed by atoms with Crippen LogP contribution in [0.3, 0.4) is 0 Å². The fourth-order valence-corrected chi connectivity index (χ4v) is 3.10. The number of rotatable bonds is 3. The second-order valence-corrected chi connectivity index (χ2v) is 5.93. The fraction of sp³-hybridized carbons (Fsp3) is 0.500. The van der Waals surface area contributed by atoms with Gasteiger partial charge in [-0.25, -0.2) is 0 Å². The zero-order chi connectivity index (χ0) is 14.8. The van der Waals surface area contributed by atoms with Gasteiger partial charge >= 0.3 is 0 Å². The molecule has 2 atom stereocenters. The molecule has 5 heteroatoms. The summed E-state index contributed by atoms with van der Waals surface area (Å²) >= 11 is 0. The normalized spacial score (nSPS) is 24.4. The average molecular weight is 288 g/mol. The molecule has 0 bridgehead atoms. The van der Waals surface area contributed by atoms with E-state index in [-0.39, 0.29) is 18.4 Å². The predicted molar refractivity (Wildman–Crippen MR) is 77.9 cm³/mol. The molecule has 0 saturated carbocycles. The third-order valence-corrected chi connectivity index (χ3v) is 4.29. The van der Waals surface area contributed by atoms with E-state index in [1.807, 2.05) is 36.1 Å². The molecule has 0 spiro atoms. The van der Waals surface area contributed by atoms with E-state index < -0.39 is 0 Å². The Bertz CT molecular complexity index is 558. The molecule has 0 aromatic heterocycles. The van der Waals surface area contributed by atoms with Gasteiger partial charge in [0.05, 0.1) is 0 Å². The van der Waals surface area contributed by atoms with Gasteiger partial charge in [-0.3, -0.25) is 9.59 Å². The Balaban J connectivity index is 1.53. The largest absolute Gasteiger partial charge is 0.484 e. The first kappa shape index (κ1) is 13.9. The smallest absolute Gasteiger partial charge is 0.260 e. The van der Waals surface area contributed by atoms with Crippen LogP contribution in [0, 0.1) is 18.8 Å². The van der Waals surface area contributed by atoms with Crippen LogP contribution < -0.4 is 10.1 Å². The van der Waals surface area contributed by atoms with E-state index in [4.69, 9.17) is 4.74 Å². The Morgan fingerprint density at radius 2 is 2.19 bits per heavy atom. The Hall–Kier alpha value is -2.04. The molecule has 3 rings (SSSR count). The number of fused-ring (bicyclic) bond motifs is 1. The van der Waals surface area contributed by atoms with Crippen molar-refractivity contribution in [2.45, 2.75) is 13.3 Å². The van der Waals surface area contributed by atoms with Crippen LogP contribution in [-0.2, 0) is 9.59 Å². The minimum atomic E-state index is -0.00152. The van der Waals surface area contributed by atoms with Crippen molar-refractivity contribution >= 4 is 11.8 Å². The number of piperidine rings is 1. The van der Waals surface area contributed by atoms with Gasteiger partial charge in [0.15, 0.2) is 6.61 Å². The highest BCUT2D eigenvalue weighted by molar-refractivity contribution is 5.80. The van der Waals surface area contributed by atoms with E-state index in [0.717, 1.165) is 17.9 Å². The standard InChI is InChI=1S/C16H20N2O3/c1-11-3-2-4-14(5-11)21-10-16(20)18-8-12-6-15(19)17-7-13(12)9-18/h2-5,12-13H,6-10H2,1H3,(H,17,19)/t12-,13+/m0/s1. The molecule has 1 aromatic carbocycles. The predicted octanol–water partition coefficient (Wildman–Crippen LogP) is 0.968. The van der Waals surface area contributed by atoms with Crippen LogP contribution >= 0.6 is 0 Å². The molecule has 0 unspecified atom stereocenters. The number of amides is 2. The molecule has 1 aromatic rings. The Labute approximate surface area is 124 Å². The summed E-state index contributed by atoms with van der Waals surface area (Å²) in [7, 11) is 0. The maximum atomic E-state index is 12.2. The summed E-state index contributed by atoms with van der Waals surface area (Å²) in [5.74, 6) is 1.52. The molecule has 5 nitrogen and oxygen atoms in total. The van der Waals surface area contributed by atoms with E-state index in [1.54, 1.807) is 0 Å². The van der Waals surface area contributed by atoms with Crippen molar-refractivity contribution in [3.63, 3.8) is 0 Å². The zero-order valence-electron chi connectivity index (χ0n) is 12.2. The number of benzene rings is 1. The van der Waals surface area contributed by atoms with Gasteiger partial charge in [0.2, 0.25) is 5.91 Å². The van der Waals surface area contributed by atoms with Crippen LogP contribution in [-0.4, -0.2) is 43.0 Å². The summed E-state index contributed by atoms with van der Waals surface area (Å²) in [5, 5.41) is 2.87. The first-order valence-corrected chi connectivity index (χ1v) is 7.36. The second kappa shape index (κ2) is 5.76. The third kappa shape index (κ3) is 3.17. The Morgan fingerprint density at radius 1 is 1.38 bits per heavy atom. The minimum absolute atomic E-state index is 0.00152. The Kier molecular flexibility index (Phi) is 3.82. The molecule has 2 fully saturated rings. The summed E-state index contributed by atoms with van der Waals surface area (Å²) in [6.07, 6.45) is 0.535. The van der Waals surface area contributed by atoms with Crippen molar-refractivity contribution in [2.24, 2.45) is 11.8 Å². The number of hydrogen-bond acceptors (Lipinski definition) is 3. The average Bonchev–Trinajstić information content (AvgIpc) is 2.88. The molecule has 0 aliphatic carbocycles. The van der Waals surface area contributed by atoms with Gasteiger partial charge in [0.1, 0.15) is 5.75 Å². The monoisotopic (exact) mass is 288 g/mol. The van der Waals surface area contributed by atoms with Gasteiger partial charge in [-0.05, 0) is 36.5 Å². The maximum Gasteiger partial charge on any atom is 0.260 e. The SMILES string of the molecule is Cc1cccc(OCC(=O)N2C[C@H]3CNC(=O)C[C@H]3C2)c1. The van der Waals surface area contributed by atoms with E-state index in [9.17, 15) is 9.59 Å². The third-order valence-electron chi connectivity index (χ3n) is 4.29. The molecular formula is C16H20N2O3. The van der Waals surface area contributed by atoms with Crippen LogP contribution in [0.1, 0.15) is 12.0 Å². The van der Waals surface area contributed by atoms with Crippen LogP contribution in [0.15, 0.2) is 24.3 Å². The van der Waals surface area contributed by atoms with Gasteiger partial charge in [0.25, 0.3) is 5.91 Å². The molecule has 21 heavy (non-hydrogen) atoms. The van der Waals surface area contributed by atoms with E-state index in [0.29, 0.717) is 31.3 Å². The molecular weight excluding hydrogens is 268 g/mol. The number of nitrogens with one attached hydrogen (secondary N) is 1. The van der Waals surface area contributed by atoms with Crippen LogP contribution in [0.2, 0.25) is 0 Å². The van der Waals surface area contributed by atoms with E-state index >= 15 is 0 Å². The van der Waals surface area contributed by atoms with Gasteiger partial charge < -0.3 is 15.0 Å². The summed E-state index contributed by atoms with van der Waals surface area (Å²) in [6, 6.07) is 7.67. The summed E-state index contributed by atoms with van der Waals surface area (Å²) in [5.41, 5.74) is 1.11. The molecule has 2 heterocycles. The molecule has 2 saturated heterocycles. The number of nitrogens with zero attached hydrogens (tertiary/aromatic N) is 1. The van der Waals surface area contributed by atoms with Crippen molar-refractivity contribution in [3.8, 4) is 5.75 Å². The molecule has 112 valence electrons. The van der Waals surface area contributed by atoms with Crippen LogP contribution in [0.5, 0.6) is 5.75 Å². The lowest BCUT2D eigenvalue weighted by Crippen LogP contribution is -2.40. The first-order chi connectivity index (χ1) is 10.1. The topological polar surface area (TPSA) is 58.6 Å². The lowest BCUT2D eigenvalue weighted by atomic mass is 9.89. The van der Waals surface area contributed by atoms with E-state index in [1.165, 1.54) is 0 Å². The molecule has 0 radical (unpaired) electrons. The lowest BCUT2D eigenvalue weighted by Gasteiger charge is -2.23. The molecule has 2 aliphatic rings. The van der Waals surface area contributed by atoms with Crippen molar-refractivity contribution in [2.75, 3.05) is 26.2 Å². The van der Waals surface area contributed by atoms with Gasteiger partial charge in [-0.2, -0.15) is 0 Å². The van der Waals surface area contributed by atoms with Crippen LogP contribution in [0.4, 0.5) is 0 Å². The highest BCUT2D eigenvalue weighted by Crippen LogP contribution is 2.28. The lowest BCUT2D eigenvalue weighted by molar-refractivity contribution is -0.132. The number of likely N-dealkylation sites (tertiary alicyclic amines) is 1. The van der Waals surface area contributed by atoms with Crippen molar-refractivity contribution in [3.05, 3.63) is 29.8 Å². The fourth-order valence-electron chi connectivity index (χ4n) is 3.10.